The Morgan fingerprint density at radius 1 is 0.882 bits per heavy atom. The molecule has 0 heterocycles. The summed E-state index contributed by atoms with van der Waals surface area (Å²) in [5, 5.41) is 9.26. The van der Waals surface area contributed by atoms with E-state index >= 15 is 0 Å². The first-order valence-corrected chi connectivity index (χ1v) is 6.51. The number of aromatic hydroxyl groups is 1. The van der Waals surface area contributed by atoms with Crippen molar-refractivity contribution < 1.29 is 11.2 Å². The number of rotatable bonds is 3. The van der Waals surface area contributed by atoms with Crippen molar-refractivity contribution >= 4 is 46.0 Å². The van der Waals surface area contributed by atoms with Gasteiger partial charge in [-0.05, 0) is 29.8 Å². The van der Waals surface area contributed by atoms with Crippen molar-refractivity contribution in [1.82, 2.24) is 0 Å². The maximum Gasteiger partial charge on any atom is 0.192 e. The lowest BCUT2D eigenvalue weighted by Gasteiger charge is -2.08. The number of hydrogen-bond acceptors (Lipinski definition) is 3. The van der Waals surface area contributed by atoms with Gasteiger partial charge in [0.15, 0.2) is 46.0 Å². The smallest absolute Gasteiger partial charge is 0.192 e. The molecule has 0 aromatic heterocycles. The number of hydrogen-bond donors (Lipinski definition) is 1. The summed E-state index contributed by atoms with van der Waals surface area (Å²) < 4.78 is 10.4. The average molecular weight is 454 g/mol. The van der Waals surface area contributed by atoms with E-state index < -0.39 is 0 Å². The molecule has 2 rings (SSSR count). The molecular weight excluding hydrogens is 446 g/mol. The molecule has 0 atom stereocenters. The summed E-state index contributed by atoms with van der Waals surface area (Å²) in [6.45, 7) is 0. The fourth-order valence-corrected chi connectivity index (χ4v) is 2.13. The Labute approximate surface area is 127 Å². The molecule has 17 heavy (non-hydrogen) atoms. The van der Waals surface area contributed by atoms with Gasteiger partial charge >= 0.3 is 0 Å². The lowest BCUT2D eigenvalue weighted by Crippen LogP contribution is -1.84. The van der Waals surface area contributed by atoms with Gasteiger partial charge < -0.3 is 11.2 Å². The molecule has 0 amide bonds. The van der Waals surface area contributed by atoms with Crippen LogP contribution in [0.2, 0.25) is 0 Å². The summed E-state index contributed by atoms with van der Waals surface area (Å²) in [5.41, 5.74) is 1.94. The van der Waals surface area contributed by atoms with Crippen LogP contribution in [-0.4, -0.2) is 5.11 Å². The molecule has 0 unspecified atom stereocenters. The third-order valence-corrected chi connectivity index (χ3v) is 3.29. The highest BCUT2D eigenvalue weighted by Crippen LogP contribution is 2.35. The van der Waals surface area contributed by atoms with Crippen LogP contribution in [0.15, 0.2) is 42.5 Å². The minimum atomic E-state index is 0.248. The molecule has 0 aliphatic rings. The standard InChI is InChI=1S/C12H8I2O3/c13-16-10-5-6-11(12(7-10)17-14)8-1-3-9(15)4-2-8/h1-7,15H. The summed E-state index contributed by atoms with van der Waals surface area (Å²) in [6, 6.07) is 12.6. The highest BCUT2D eigenvalue weighted by Gasteiger charge is 2.08. The van der Waals surface area contributed by atoms with Crippen molar-refractivity contribution in [3.63, 3.8) is 0 Å². The monoisotopic (exact) mass is 454 g/mol. The first-order valence-electron chi connectivity index (χ1n) is 4.75. The van der Waals surface area contributed by atoms with Gasteiger partial charge in [0, 0.05) is 11.6 Å². The quantitative estimate of drug-likeness (QED) is 0.694. The van der Waals surface area contributed by atoms with Crippen LogP contribution >= 0.6 is 46.0 Å². The maximum absolute atomic E-state index is 9.26. The van der Waals surface area contributed by atoms with Gasteiger partial charge in [0.25, 0.3) is 0 Å². The second kappa shape index (κ2) is 5.76. The van der Waals surface area contributed by atoms with Gasteiger partial charge in [-0.2, -0.15) is 0 Å². The van der Waals surface area contributed by atoms with Gasteiger partial charge in [-0.15, -0.1) is 0 Å². The SMILES string of the molecule is Oc1ccc(-c2ccc(OI)cc2OI)cc1. The molecule has 2 aromatic carbocycles. The van der Waals surface area contributed by atoms with E-state index in [9.17, 15) is 5.11 Å². The minimum Gasteiger partial charge on any atom is -0.508 e. The molecule has 0 spiro atoms. The van der Waals surface area contributed by atoms with Gasteiger partial charge in [-0.25, -0.2) is 0 Å². The fraction of sp³-hybridized carbons (Fsp3) is 0. The molecule has 5 heteroatoms. The zero-order valence-corrected chi connectivity index (χ0v) is 12.9. The third kappa shape index (κ3) is 2.95. The van der Waals surface area contributed by atoms with E-state index in [-0.39, 0.29) is 5.75 Å². The fourth-order valence-electron chi connectivity index (χ4n) is 1.49. The third-order valence-electron chi connectivity index (χ3n) is 2.30. The van der Waals surface area contributed by atoms with Crippen LogP contribution in [0.1, 0.15) is 0 Å². The lowest BCUT2D eigenvalue weighted by molar-refractivity contribution is 0.475. The number of phenolic OH excluding ortho intramolecular Hbond substituents is 1. The lowest BCUT2D eigenvalue weighted by atomic mass is 10.0. The first-order chi connectivity index (χ1) is 8.24. The molecular formula is C12H8I2O3. The van der Waals surface area contributed by atoms with Crippen molar-refractivity contribution in [2.45, 2.75) is 0 Å². The molecule has 0 saturated carbocycles. The second-order valence-electron chi connectivity index (χ2n) is 3.36. The van der Waals surface area contributed by atoms with Gasteiger partial charge in [0.05, 0.1) is 0 Å². The van der Waals surface area contributed by atoms with Gasteiger partial charge in [0.2, 0.25) is 0 Å². The maximum atomic E-state index is 9.26. The first kappa shape index (κ1) is 12.7. The van der Waals surface area contributed by atoms with Crippen LogP contribution in [0.5, 0.6) is 17.2 Å². The topological polar surface area (TPSA) is 38.7 Å². The molecule has 1 N–H and O–H groups in total. The van der Waals surface area contributed by atoms with Crippen LogP contribution in [0.25, 0.3) is 11.1 Å². The molecule has 0 radical (unpaired) electrons. The summed E-state index contributed by atoms with van der Waals surface area (Å²) in [5.74, 6) is 1.71. The summed E-state index contributed by atoms with van der Waals surface area (Å²) >= 11 is 3.66. The Morgan fingerprint density at radius 2 is 1.59 bits per heavy atom. The zero-order chi connectivity index (χ0) is 12.3. The highest BCUT2D eigenvalue weighted by molar-refractivity contribution is 14.1. The van der Waals surface area contributed by atoms with Crippen LogP contribution in [0, 0.1) is 0 Å². The van der Waals surface area contributed by atoms with Crippen LogP contribution in [-0.2, 0) is 0 Å². The Kier molecular flexibility index (Phi) is 4.32. The van der Waals surface area contributed by atoms with Crippen molar-refractivity contribution in [3.05, 3.63) is 42.5 Å². The molecule has 0 aliphatic carbocycles. The van der Waals surface area contributed by atoms with E-state index in [0.717, 1.165) is 22.6 Å². The molecule has 3 nitrogen and oxygen atoms in total. The molecule has 0 bridgehead atoms. The Morgan fingerprint density at radius 3 is 2.18 bits per heavy atom. The van der Waals surface area contributed by atoms with Crippen LogP contribution < -0.4 is 6.13 Å². The van der Waals surface area contributed by atoms with Gasteiger partial charge in [-0.1, -0.05) is 12.1 Å². The van der Waals surface area contributed by atoms with E-state index in [1.54, 1.807) is 12.1 Å². The summed E-state index contributed by atoms with van der Waals surface area (Å²) in [6.07, 6.45) is 0. The minimum absolute atomic E-state index is 0.248. The Hall–Kier alpha value is -0.700. The average Bonchev–Trinajstić information content (AvgIpc) is 2.39. The van der Waals surface area contributed by atoms with E-state index in [2.05, 4.69) is 0 Å². The molecule has 2 aromatic rings. The molecule has 0 fully saturated rings. The zero-order valence-electron chi connectivity index (χ0n) is 8.56. The number of phenols is 1. The van der Waals surface area contributed by atoms with E-state index in [1.807, 2.05) is 76.3 Å². The van der Waals surface area contributed by atoms with Crippen molar-refractivity contribution in [2.75, 3.05) is 0 Å². The van der Waals surface area contributed by atoms with E-state index in [1.165, 1.54) is 0 Å². The van der Waals surface area contributed by atoms with Crippen molar-refractivity contribution in [1.29, 1.82) is 0 Å². The van der Waals surface area contributed by atoms with Gasteiger partial charge in [-0.3, -0.25) is 0 Å². The largest absolute Gasteiger partial charge is 0.508 e. The Balaban J connectivity index is 2.47. The molecule has 0 aliphatic heterocycles. The molecule has 88 valence electrons. The van der Waals surface area contributed by atoms with Crippen molar-refractivity contribution in [3.8, 4) is 28.4 Å². The van der Waals surface area contributed by atoms with E-state index in [4.69, 9.17) is 6.13 Å². The highest BCUT2D eigenvalue weighted by atomic mass is 127. The normalized spacial score (nSPS) is 10.0. The van der Waals surface area contributed by atoms with Gasteiger partial charge in [0.1, 0.15) is 17.2 Å². The molecule has 0 saturated heterocycles. The van der Waals surface area contributed by atoms with E-state index in [0.29, 0.717) is 0 Å². The summed E-state index contributed by atoms with van der Waals surface area (Å²) in [4.78, 5) is 0. The van der Waals surface area contributed by atoms with Crippen molar-refractivity contribution in [2.24, 2.45) is 0 Å². The van der Waals surface area contributed by atoms with Crippen LogP contribution in [0.3, 0.4) is 0 Å². The summed E-state index contributed by atoms with van der Waals surface area (Å²) in [7, 11) is 0. The predicted molar refractivity (Wildman–Crippen MR) is 82.8 cm³/mol. The number of halogens is 2. The Bertz CT molecular complexity index is 512. The predicted octanol–water partition coefficient (Wildman–Crippen LogP) is 4.52. The number of benzene rings is 2. The van der Waals surface area contributed by atoms with Crippen LogP contribution in [0.4, 0.5) is 0 Å². The second-order valence-corrected chi connectivity index (χ2v) is 4.24.